The molecule has 162 valence electrons. The van der Waals surface area contributed by atoms with Crippen LogP contribution in [0.25, 0.3) is 0 Å². The highest BCUT2D eigenvalue weighted by atomic mass is 79.9. The molecule has 1 aliphatic heterocycles. The van der Waals surface area contributed by atoms with Crippen molar-refractivity contribution in [2.45, 2.75) is 65.3 Å². The molecule has 0 bridgehead atoms. The Bertz CT molecular complexity index is 629. The SMILES string of the molecule is CCCCCCCCCS(=O)(=O)N1CC[N+](CC)(Cc2ccccc2)CC1.[Br-]. The van der Waals surface area contributed by atoms with Gasteiger partial charge in [-0.2, -0.15) is 4.31 Å². The molecule has 0 aliphatic carbocycles. The number of halogens is 1. The minimum Gasteiger partial charge on any atom is -1.00 e. The van der Waals surface area contributed by atoms with Crippen molar-refractivity contribution >= 4 is 10.0 Å². The molecule has 0 radical (unpaired) electrons. The van der Waals surface area contributed by atoms with Crippen LogP contribution in [-0.2, 0) is 16.6 Å². The van der Waals surface area contributed by atoms with Gasteiger partial charge in [0.05, 0.1) is 38.5 Å². The van der Waals surface area contributed by atoms with E-state index in [-0.39, 0.29) is 17.0 Å². The van der Waals surface area contributed by atoms with Gasteiger partial charge in [-0.15, -0.1) is 0 Å². The Labute approximate surface area is 183 Å². The summed E-state index contributed by atoms with van der Waals surface area (Å²) in [4.78, 5) is 0. The second-order valence-corrected chi connectivity index (χ2v) is 10.2. The van der Waals surface area contributed by atoms with Crippen LogP contribution in [-0.4, -0.2) is 55.7 Å². The first-order chi connectivity index (χ1) is 13.0. The summed E-state index contributed by atoms with van der Waals surface area (Å²) in [5.74, 6) is 0.325. The summed E-state index contributed by atoms with van der Waals surface area (Å²) in [6.07, 6.45) is 8.10. The van der Waals surface area contributed by atoms with Crippen LogP contribution in [0.2, 0.25) is 0 Å². The molecule has 1 aliphatic rings. The van der Waals surface area contributed by atoms with Crippen molar-refractivity contribution in [2.75, 3.05) is 38.5 Å². The van der Waals surface area contributed by atoms with Gasteiger partial charge in [0.2, 0.25) is 10.0 Å². The van der Waals surface area contributed by atoms with Crippen molar-refractivity contribution < 1.29 is 29.9 Å². The van der Waals surface area contributed by atoms with Gasteiger partial charge in [0.25, 0.3) is 0 Å². The van der Waals surface area contributed by atoms with Crippen LogP contribution >= 0.6 is 0 Å². The van der Waals surface area contributed by atoms with E-state index in [1.54, 1.807) is 4.31 Å². The smallest absolute Gasteiger partial charge is 0.214 e. The van der Waals surface area contributed by atoms with Gasteiger partial charge in [-0.05, 0) is 13.3 Å². The second kappa shape index (κ2) is 13.0. The van der Waals surface area contributed by atoms with E-state index in [0.29, 0.717) is 18.8 Å². The standard InChI is InChI=1S/C22H39N2O2S.BrH/c1-3-5-6-7-8-9-13-20-27(25,26)23-16-18-24(4-2,19-17-23)21-22-14-11-10-12-15-22;/h10-12,14-15H,3-9,13,16-21H2,1-2H3;1H/q+1;/p-1. The van der Waals surface area contributed by atoms with Crippen LogP contribution in [0.3, 0.4) is 0 Å². The van der Waals surface area contributed by atoms with Crippen molar-refractivity contribution in [3.63, 3.8) is 0 Å². The van der Waals surface area contributed by atoms with Gasteiger partial charge < -0.3 is 21.5 Å². The van der Waals surface area contributed by atoms with Gasteiger partial charge in [-0.1, -0.05) is 75.8 Å². The number of sulfonamides is 1. The second-order valence-electron chi connectivity index (χ2n) is 8.09. The van der Waals surface area contributed by atoms with Gasteiger partial charge in [0.15, 0.2) is 0 Å². The number of quaternary nitrogens is 1. The predicted octanol–water partition coefficient (Wildman–Crippen LogP) is 1.42. The van der Waals surface area contributed by atoms with E-state index in [1.165, 1.54) is 37.7 Å². The minimum atomic E-state index is -3.09. The zero-order valence-electron chi connectivity index (χ0n) is 17.8. The van der Waals surface area contributed by atoms with Gasteiger partial charge in [0, 0.05) is 5.56 Å². The number of likely N-dealkylation sites (N-methyl/N-ethyl adjacent to an activating group) is 1. The third-order valence-corrected chi connectivity index (χ3v) is 8.03. The summed E-state index contributed by atoms with van der Waals surface area (Å²) >= 11 is 0. The molecule has 4 nitrogen and oxygen atoms in total. The first-order valence-electron chi connectivity index (χ1n) is 10.9. The molecule has 1 saturated heterocycles. The third kappa shape index (κ3) is 8.13. The number of rotatable bonds is 12. The van der Waals surface area contributed by atoms with Crippen LogP contribution < -0.4 is 17.0 Å². The Morgan fingerprint density at radius 1 is 0.893 bits per heavy atom. The Hall–Kier alpha value is -0.430. The van der Waals surface area contributed by atoms with E-state index >= 15 is 0 Å². The first kappa shape index (κ1) is 25.6. The zero-order chi connectivity index (χ0) is 19.6. The molecule has 0 spiro atoms. The van der Waals surface area contributed by atoms with Crippen molar-refractivity contribution in [1.29, 1.82) is 0 Å². The van der Waals surface area contributed by atoms with Crippen LogP contribution in [0.1, 0.15) is 64.4 Å². The Morgan fingerprint density at radius 2 is 1.46 bits per heavy atom. The van der Waals surface area contributed by atoms with Crippen LogP contribution in [0.5, 0.6) is 0 Å². The highest BCUT2D eigenvalue weighted by Crippen LogP contribution is 2.21. The lowest BCUT2D eigenvalue weighted by Crippen LogP contribution is -3.00. The normalized spacial score (nSPS) is 17.2. The van der Waals surface area contributed by atoms with E-state index in [9.17, 15) is 8.42 Å². The molecule has 2 rings (SSSR count). The number of hydrogen-bond donors (Lipinski definition) is 0. The molecule has 1 aromatic rings. The third-order valence-electron chi connectivity index (χ3n) is 6.08. The predicted molar refractivity (Wildman–Crippen MR) is 114 cm³/mol. The minimum absolute atomic E-state index is 0. The van der Waals surface area contributed by atoms with Crippen LogP contribution in [0, 0.1) is 0 Å². The van der Waals surface area contributed by atoms with E-state index in [0.717, 1.165) is 43.5 Å². The Morgan fingerprint density at radius 3 is 2.04 bits per heavy atom. The lowest BCUT2D eigenvalue weighted by atomic mass is 10.1. The average Bonchev–Trinajstić information content (AvgIpc) is 2.68. The largest absolute Gasteiger partial charge is 1.00 e. The Balaban J connectivity index is 0.00000392. The fourth-order valence-electron chi connectivity index (χ4n) is 4.08. The molecule has 0 unspecified atom stereocenters. The summed E-state index contributed by atoms with van der Waals surface area (Å²) < 4.78 is 28.1. The van der Waals surface area contributed by atoms with Crippen LogP contribution in [0.4, 0.5) is 0 Å². The first-order valence-corrected chi connectivity index (χ1v) is 12.5. The molecule has 0 atom stereocenters. The number of unbranched alkanes of at least 4 members (excludes halogenated alkanes) is 6. The summed E-state index contributed by atoms with van der Waals surface area (Å²) in [5, 5.41) is 0. The van der Waals surface area contributed by atoms with Gasteiger partial charge >= 0.3 is 0 Å². The lowest BCUT2D eigenvalue weighted by Gasteiger charge is -2.44. The lowest BCUT2D eigenvalue weighted by molar-refractivity contribution is -0.942. The van der Waals surface area contributed by atoms with Gasteiger partial charge in [-0.3, -0.25) is 0 Å². The van der Waals surface area contributed by atoms with Gasteiger partial charge in [0.1, 0.15) is 6.54 Å². The highest BCUT2D eigenvalue weighted by Gasteiger charge is 2.35. The maximum Gasteiger partial charge on any atom is 0.214 e. The fourth-order valence-corrected chi connectivity index (χ4v) is 5.62. The average molecular weight is 476 g/mol. The summed E-state index contributed by atoms with van der Waals surface area (Å²) in [5.41, 5.74) is 1.35. The molecular weight excluding hydrogens is 436 g/mol. The zero-order valence-corrected chi connectivity index (χ0v) is 20.2. The molecule has 1 aromatic carbocycles. The molecule has 1 heterocycles. The van der Waals surface area contributed by atoms with E-state index in [2.05, 4.69) is 38.1 Å². The monoisotopic (exact) mass is 474 g/mol. The molecular formula is C22H39BrN2O2S. The fraction of sp³-hybridized carbons (Fsp3) is 0.727. The van der Waals surface area contributed by atoms with E-state index in [1.807, 2.05) is 6.07 Å². The maximum atomic E-state index is 12.7. The molecule has 0 saturated carbocycles. The molecule has 28 heavy (non-hydrogen) atoms. The summed E-state index contributed by atoms with van der Waals surface area (Å²) in [6, 6.07) is 10.6. The van der Waals surface area contributed by atoms with Gasteiger partial charge in [-0.25, -0.2) is 8.42 Å². The maximum absolute atomic E-state index is 12.7. The molecule has 0 aromatic heterocycles. The molecule has 0 N–H and O–H groups in total. The number of hydrogen-bond acceptors (Lipinski definition) is 2. The van der Waals surface area contributed by atoms with Crippen molar-refractivity contribution in [2.24, 2.45) is 0 Å². The quantitative estimate of drug-likeness (QED) is 0.339. The molecule has 6 heteroatoms. The number of nitrogens with zero attached hydrogens (tertiary/aromatic N) is 2. The topological polar surface area (TPSA) is 37.4 Å². The van der Waals surface area contributed by atoms with E-state index < -0.39 is 10.0 Å². The van der Waals surface area contributed by atoms with Crippen molar-refractivity contribution in [1.82, 2.24) is 4.31 Å². The summed E-state index contributed by atoms with van der Waals surface area (Å²) in [6.45, 7) is 9.68. The Kier molecular flexibility index (Phi) is 11.9. The van der Waals surface area contributed by atoms with E-state index in [4.69, 9.17) is 0 Å². The number of benzene rings is 1. The molecule has 0 amide bonds. The molecule has 1 fully saturated rings. The highest BCUT2D eigenvalue weighted by molar-refractivity contribution is 7.89. The van der Waals surface area contributed by atoms with Crippen LogP contribution in [0.15, 0.2) is 30.3 Å². The number of piperazine rings is 1. The van der Waals surface area contributed by atoms with Crippen molar-refractivity contribution in [3.05, 3.63) is 35.9 Å². The summed E-state index contributed by atoms with van der Waals surface area (Å²) in [7, 11) is -3.09. The van der Waals surface area contributed by atoms with Crippen molar-refractivity contribution in [3.8, 4) is 0 Å².